The third kappa shape index (κ3) is 5.35. The molecular formula is C23H30BN3O5. The maximum absolute atomic E-state index is 13.3. The van der Waals surface area contributed by atoms with Crippen LogP contribution in [0.5, 0.6) is 0 Å². The van der Waals surface area contributed by atoms with Gasteiger partial charge in [-0.15, -0.1) is 0 Å². The molecule has 0 aromatic heterocycles. The highest BCUT2D eigenvalue weighted by molar-refractivity contribution is 6.43. The number of hydrogen-bond donors (Lipinski definition) is 4. The zero-order valence-corrected chi connectivity index (χ0v) is 18.5. The van der Waals surface area contributed by atoms with Crippen molar-refractivity contribution in [2.75, 3.05) is 0 Å². The van der Waals surface area contributed by atoms with Crippen molar-refractivity contribution in [3.63, 3.8) is 0 Å². The quantitative estimate of drug-likeness (QED) is 0.283. The summed E-state index contributed by atoms with van der Waals surface area (Å²) < 4.78 is 0. The van der Waals surface area contributed by atoms with E-state index in [1.807, 2.05) is 63.2 Å². The van der Waals surface area contributed by atoms with Gasteiger partial charge < -0.3 is 15.4 Å². The Hall–Kier alpha value is -2.75. The van der Waals surface area contributed by atoms with E-state index in [4.69, 9.17) is 0 Å². The van der Waals surface area contributed by atoms with Gasteiger partial charge in [-0.3, -0.25) is 20.2 Å². The van der Waals surface area contributed by atoms with E-state index in [1.54, 1.807) is 12.1 Å². The summed E-state index contributed by atoms with van der Waals surface area (Å²) in [6, 6.07) is 13.8. The maximum Gasteiger partial charge on any atom is 0.475 e. The van der Waals surface area contributed by atoms with E-state index in [1.165, 1.54) is 0 Å². The number of aryl methyl sites for hydroxylation is 1. The number of carbonyl (C=O) groups is 1. The fourth-order valence-corrected chi connectivity index (χ4v) is 4.46. The molecule has 1 aliphatic heterocycles. The van der Waals surface area contributed by atoms with Gasteiger partial charge in [0.05, 0.1) is 11.9 Å². The molecule has 32 heavy (non-hydrogen) atoms. The van der Waals surface area contributed by atoms with Crippen LogP contribution in [0.1, 0.15) is 48.9 Å². The summed E-state index contributed by atoms with van der Waals surface area (Å²) in [6.45, 7) is 5.76. The van der Waals surface area contributed by atoms with Crippen molar-refractivity contribution in [3.05, 3.63) is 81.4 Å². The average molecular weight is 439 g/mol. The van der Waals surface area contributed by atoms with Gasteiger partial charge in [0.2, 0.25) is 11.9 Å². The molecular weight excluding hydrogens is 409 g/mol. The van der Waals surface area contributed by atoms with Crippen molar-refractivity contribution in [1.82, 2.24) is 10.6 Å². The number of amides is 1. The van der Waals surface area contributed by atoms with E-state index in [-0.39, 0.29) is 10.8 Å². The van der Waals surface area contributed by atoms with Gasteiger partial charge >= 0.3 is 7.12 Å². The number of carbonyl (C=O) groups excluding carboxylic acids is 1. The molecule has 1 saturated heterocycles. The SMILES string of the molecule is Cc1ccc(C2C(C(=O)NC(CC(C)C)B(O)O)NC(c3ccccc3)C2[N+](=O)[O-])cc1. The van der Waals surface area contributed by atoms with Crippen molar-refractivity contribution < 1.29 is 19.8 Å². The van der Waals surface area contributed by atoms with Crippen molar-refractivity contribution in [3.8, 4) is 0 Å². The number of nitro groups is 1. The molecule has 0 radical (unpaired) electrons. The second kappa shape index (κ2) is 10.2. The molecule has 1 fully saturated rings. The minimum absolute atomic E-state index is 0.120. The van der Waals surface area contributed by atoms with Crippen LogP contribution in [0.15, 0.2) is 54.6 Å². The summed E-state index contributed by atoms with van der Waals surface area (Å²) in [7, 11) is -1.73. The average Bonchev–Trinajstić information content (AvgIpc) is 3.15. The Balaban J connectivity index is 2.00. The summed E-state index contributed by atoms with van der Waals surface area (Å²) in [5.74, 6) is -1.96. The first-order valence-electron chi connectivity index (χ1n) is 10.9. The molecule has 2 aromatic carbocycles. The molecule has 2 aromatic rings. The lowest BCUT2D eigenvalue weighted by Crippen LogP contribution is -2.53. The third-order valence-corrected chi connectivity index (χ3v) is 5.99. The lowest BCUT2D eigenvalue weighted by molar-refractivity contribution is -0.527. The zero-order valence-electron chi connectivity index (χ0n) is 18.5. The van der Waals surface area contributed by atoms with Gasteiger partial charge in [-0.1, -0.05) is 74.0 Å². The number of benzene rings is 2. The van der Waals surface area contributed by atoms with Crippen molar-refractivity contribution >= 4 is 13.0 Å². The van der Waals surface area contributed by atoms with Crippen molar-refractivity contribution in [2.24, 2.45) is 5.92 Å². The molecule has 1 heterocycles. The zero-order chi connectivity index (χ0) is 23.4. The molecule has 5 unspecified atom stereocenters. The number of rotatable bonds is 8. The van der Waals surface area contributed by atoms with Crippen LogP contribution in [-0.2, 0) is 4.79 Å². The fraction of sp³-hybridized carbons (Fsp3) is 0.435. The summed E-state index contributed by atoms with van der Waals surface area (Å²) in [4.78, 5) is 25.2. The normalized spacial score (nSPS) is 23.7. The Morgan fingerprint density at radius 1 is 1.12 bits per heavy atom. The number of nitrogens with one attached hydrogen (secondary N) is 2. The molecule has 1 aliphatic rings. The predicted octanol–water partition coefficient (Wildman–Crippen LogP) is 1.98. The first-order chi connectivity index (χ1) is 15.2. The number of hydrogen-bond acceptors (Lipinski definition) is 6. The molecule has 8 nitrogen and oxygen atoms in total. The van der Waals surface area contributed by atoms with Gasteiger partial charge in [0.15, 0.2) is 0 Å². The standard InChI is InChI=1S/C23H30BN3O5/c1-14(2)13-18(24(29)30)25-23(28)21-19(16-11-9-15(3)10-12-16)22(27(31)32)20(26-21)17-7-5-4-6-8-17/h4-12,14,18-22,26,29-30H,13H2,1-3H3,(H,25,28). The van der Waals surface area contributed by atoms with Crippen LogP contribution in [0, 0.1) is 23.0 Å². The van der Waals surface area contributed by atoms with Gasteiger partial charge in [0.25, 0.3) is 0 Å². The van der Waals surface area contributed by atoms with Crippen LogP contribution in [0.25, 0.3) is 0 Å². The molecule has 5 atom stereocenters. The van der Waals surface area contributed by atoms with Crippen LogP contribution in [0.3, 0.4) is 0 Å². The molecule has 0 spiro atoms. The maximum atomic E-state index is 13.3. The fourth-order valence-electron chi connectivity index (χ4n) is 4.46. The van der Waals surface area contributed by atoms with E-state index < -0.39 is 43.0 Å². The molecule has 0 bridgehead atoms. The minimum Gasteiger partial charge on any atom is -0.426 e. The Morgan fingerprint density at radius 2 is 1.75 bits per heavy atom. The van der Waals surface area contributed by atoms with Crippen LogP contribution >= 0.6 is 0 Å². The Bertz CT molecular complexity index is 923. The van der Waals surface area contributed by atoms with Gasteiger partial charge in [-0.25, -0.2) is 0 Å². The highest BCUT2D eigenvalue weighted by Crippen LogP contribution is 2.40. The molecule has 4 N–H and O–H groups in total. The van der Waals surface area contributed by atoms with Gasteiger partial charge in [0, 0.05) is 4.92 Å². The molecule has 170 valence electrons. The highest BCUT2D eigenvalue weighted by Gasteiger charge is 2.54. The van der Waals surface area contributed by atoms with Crippen LogP contribution < -0.4 is 10.6 Å². The van der Waals surface area contributed by atoms with Gasteiger partial charge in [0.1, 0.15) is 12.1 Å². The summed E-state index contributed by atoms with van der Waals surface area (Å²) in [5, 5.41) is 37.6. The predicted molar refractivity (Wildman–Crippen MR) is 122 cm³/mol. The Morgan fingerprint density at radius 3 is 2.28 bits per heavy atom. The van der Waals surface area contributed by atoms with E-state index in [0.717, 1.165) is 11.1 Å². The summed E-state index contributed by atoms with van der Waals surface area (Å²) in [6.07, 6.45) is 0.367. The van der Waals surface area contributed by atoms with E-state index >= 15 is 0 Å². The highest BCUT2D eigenvalue weighted by atomic mass is 16.6. The lowest BCUT2D eigenvalue weighted by Gasteiger charge is -2.24. The smallest absolute Gasteiger partial charge is 0.426 e. The van der Waals surface area contributed by atoms with Crippen molar-refractivity contribution in [2.45, 2.75) is 57.2 Å². The van der Waals surface area contributed by atoms with E-state index in [9.17, 15) is 25.0 Å². The molecule has 3 rings (SSSR count). The van der Waals surface area contributed by atoms with E-state index in [0.29, 0.717) is 12.0 Å². The molecule has 0 saturated carbocycles. The Kier molecular flexibility index (Phi) is 7.66. The van der Waals surface area contributed by atoms with Crippen LogP contribution in [0.4, 0.5) is 0 Å². The summed E-state index contributed by atoms with van der Waals surface area (Å²) in [5.41, 5.74) is 2.43. The second-order valence-corrected chi connectivity index (χ2v) is 8.90. The van der Waals surface area contributed by atoms with Crippen molar-refractivity contribution in [1.29, 1.82) is 0 Å². The number of nitrogens with zero attached hydrogens (tertiary/aromatic N) is 1. The van der Waals surface area contributed by atoms with Crippen LogP contribution in [0.2, 0.25) is 0 Å². The molecule has 1 amide bonds. The first kappa shape index (κ1) is 23.9. The van der Waals surface area contributed by atoms with Gasteiger partial charge in [-0.2, -0.15) is 0 Å². The van der Waals surface area contributed by atoms with E-state index in [2.05, 4.69) is 10.6 Å². The van der Waals surface area contributed by atoms with Gasteiger partial charge in [-0.05, 0) is 30.4 Å². The molecule has 9 heteroatoms. The largest absolute Gasteiger partial charge is 0.475 e. The third-order valence-electron chi connectivity index (χ3n) is 5.99. The topological polar surface area (TPSA) is 125 Å². The minimum atomic E-state index is -1.73. The summed E-state index contributed by atoms with van der Waals surface area (Å²) >= 11 is 0. The molecule has 0 aliphatic carbocycles. The first-order valence-corrected chi connectivity index (χ1v) is 10.9. The lowest BCUT2D eigenvalue weighted by atomic mass is 9.74. The monoisotopic (exact) mass is 439 g/mol. The Labute approximate surface area is 188 Å². The second-order valence-electron chi connectivity index (χ2n) is 8.90. The van der Waals surface area contributed by atoms with Crippen LogP contribution in [-0.4, -0.2) is 46.0 Å².